The average molecular weight is 361 g/mol. The molecule has 6 nitrogen and oxygen atoms in total. The van der Waals surface area contributed by atoms with Crippen LogP contribution >= 0.6 is 0 Å². The van der Waals surface area contributed by atoms with Gasteiger partial charge in [-0.3, -0.25) is 4.79 Å². The molecule has 1 fully saturated rings. The van der Waals surface area contributed by atoms with Gasteiger partial charge in [-0.1, -0.05) is 6.92 Å². The first-order valence-corrected chi connectivity index (χ1v) is 9.56. The molecule has 0 radical (unpaired) electrons. The Bertz CT molecular complexity index is 566. The molecule has 0 aromatic heterocycles. The van der Waals surface area contributed by atoms with Crippen molar-refractivity contribution in [3.05, 3.63) is 29.8 Å². The van der Waals surface area contributed by atoms with E-state index in [-0.39, 0.29) is 11.9 Å². The molecule has 1 aromatic carbocycles. The number of amides is 3. The van der Waals surface area contributed by atoms with Gasteiger partial charge in [0.1, 0.15) is 5.75 Å². The Morgan fingerprint density at radius 3 is 2.08 bits per heavy atom. The van der Waals surface area contributed by atoms with Gasteiger partial charge in [-0.05, 0) is 68.2 Å². The molecule has 1 saturated carbocycles. The monoisotopic (exact) mass is 361 g/mol. The highest BCUT2D eigenvalue weighted by Gasteiger charge is 2.22. The molecule has 1 aliphatic carbocycles. The summed E-state index contributed by atoms with van der Waals surface area (Å²) in [5.41, 5.74) is 0.654. The average Bonchev–Trinajstić information content (AvgIpc) is 2.69. The molecule has 144 valence electrons. The van der Waals surface area contributed by atoms with E-state index in [0.29, 0.717) is 30.5 Å². The summed E-state index contributed by atoms with van der Waals surface area (Å²) in [5.74, 6) is 1.76. The first-order valence-electron chi connectivity index (χ1n) is 9.56. The zero-order valence-electron chi connectivity index (χ0n) is 15.8. The maximum Gasteiger partial charge on any atom is 0.314 e. The largest absolute Gasteiger partial charge is 0.497 e. The Labute approximate surface area is 156 Å². The molecule has 6 heteroatoms. The van der Waals surface area contributed by atoms with E-state index in [1.54, 1.807) is 31.4 Å². The molecule has 0 aliphatic heterocycles. The van der Waals surface area contributed by atoms with Gasteiger partial charge in [0.25, 0.3) is 5.91 Å². The second-order valence-corrected chi connectivity index (χ2v) is 6.96. The van der Waals surface area contributed by atoms with Gasteiger partial charge in [-0.2, -0.15) is 0 Å². The number of hydrogen-bond donors (Lipinski definition) is 3. The van der Waals surface area contributed by atoms with Crippen molar-refractivity contribution >= 4 is 11.9 Å². The summed E-state index contributed by atoms with van der Waals surface area (Å²) in [6.07, 6.45) is 5.31. The first-order chi connectivity index (χ1) is 12.6. The molecule has 3 amide bonds. The SMILES string of the molecule is CCCNC(=O)NCC1CCC(CNC(=O)c2ccc(OC)cc2)CC1. The molecular formula is C20H31N3O3. The minimum atomic E-state index is -0.0688. The van der Waals surface area contributed by atoms with Gasteiger partial charge in [0, 0.05) is 25.2 Å². The summed E-state index contributed by atoms with van der Waals surface area (Å²) in [4.78, 5) is 23.8. The molecule has 3 N–H and O–H groups in total. The maximum absolute atomic E-state index is 12.2. The lowest BCUT2D eigenvalue weighted by Crippen LogP contribution is -2.39. The number of hydrogen-bond acceptors (Lipinski definition) is 3. The Morgan fingerprint density at radius 1 is 0.962 bits per heavy atom. The van der Waals surface area contributed by atoms with E-state index in [0.717, 1.165) is 44.4 Å². The third-order valence-corrected chi connectivity index (χ3v) is 4.96. The van der Waals surface area contributed by atoms with Crippen LogP contribution in [-0.2, 0) is 0 Å². The van der Waals surface area contributed by atoms with E-state index in [1.807, 2.05) is 6.92 Å². The second kappa shape index (κ2) is 10.7. The maximum atomic E-state index is 12.2. The van der Waals surface area contributed by atoms with Crippen LogP contribution in [-0.4, -0.2) is 38.7 Å². The van der Waals surface area contributed by atoms with E-state index in [4.69, 9.17) is 4.74 Å². The van der Waals surface area contributed by atoms with Gasteiger partial charge in [0.15, 0.2) is 0 Å². The fraction of sp³-hybridized carbons (Fsp3) is 0.600. The Kier molecular flexibility index (Phi) is 8.25. The highest BCUT2D eigenvalue weighted by atomic mass is 16.5. The fourth-order valence-corrected chi connectivity index (χ4v) is 3.26. The Balaban J connectivity index is 1.63. The van der Waals surface area contributed by atoms with Gasteiger partial charge in [-0.15, -0.1) is 0 Å². The van der Waals surface area contributed by atoms with E-state index >= 15 is 0 Å². The van der Waals surface area contributed by atoms with E-state index < -0.39 is 0 Å². The number of rotatable bonds is 8. The van der Waals surface area contributed by atoms with Crippen LogP contribution in [0.25, 0.3) is 0 Å². The summed E-state index contributed by atoms with van der Waals surface area (Å²) < 4.78 is 5.11. The number of carbonyl (C=O) groups excluding carboxylic acids is 2. The summed E-state index contributed by atoms with van der Waals surface area (Å²) in [6.45, 7) is 4.20. The molecule has 0 unspecified atom stereocenters. The number of nitrogens with one attached hydrogen (secondary N) is 3. The zero-order chi connectivity index (χ0) is 18.8. The minimum Gasteiger partial charge on any atom is -0.497 e. The number of methoxy groups -OCH3 is 1. The van der Waals surface area contributed by atoms with Gasteiger partial charge in [-0.25, -0.2) is 4.79 Å². The lowest BCUT2D eigenvalue weighted by Gasteiger charge is -2.28. The molecule has 0 heterocycles. The molecule has 0 atom stereocenters. The smallest absolute Gasteiger partial charge is 0.314 e. The number of benzene rings is 1. The summed E-state index contributed by atoms with van der Waals surface area (Å²) in [7, 11) is 1.61. The van der Waals surface area contributed by atoms with Crippen molar-refractivity contribution in [2.75, 3.05) is 26.7 Å². The van der Waals surface area contributed by atoms with Crippen molar-refractivity contribution < 1.29 is 14.3 Å². The van der Waals surface area contributed by atoms with Gasteiger partial charge >= 0.3 is 6.03 Å². The summed E-state index contributed by atoms with van der Waals surface area (Å²) in [5, 5.41) is 8.82. The minimum absolute atomic E-state index is 0.0379. The molecule has 0 spiro atoms. The Hall–Kier alpha value is -2.24. The van der Waals surface area contributed by atoms with E-state index in [9.17, 15) is 9.59 Å². The molecule has 1 aliphatic rings. The predicted molar refractivity (Wildman–Crippen MR) is 102 cm³/mol. The fourth-order valence-electron chi connectivity index (χ4n) is 3.26. The van der Waals surface area contributed by atoms with Crippen molar-refractivity contribution in [3.8, 4) is 5.75 Å². The standard InChI is InChI=1S/C20H31N3O3/c1-3-12-21-20(25)23-14-16-6-4-15(5-7-16)13-22-19(24)17-8-10-18(26-2)11-9-17/h8-11,15-16H,3-7,12-14H2,1-2H3,(H,22,24)(H2,21,23,25). The van der Waals surface area contributed by atoms with Crippen LogP contribution < -0.4 is 20.7 Å². The van der Waals surface area contributed by atoms with Crippen molar-refractivity contribution in [1.82, 2.24) is 16.0 Å². The molecular weight excluding hydrogens is 330 g/mol. The third kappa shape index (κ3) is 6.58. The van der Waals surface area contributed by atoms with Gasteiger partial charge in [0.2, 0.25) is 0 Å². The topological polar surface area (TPSA) is 79.5 Å². The summed E-state index contributed by atoms with van der Waals surface area (Å²) in [6, 6.07) is 7.08. The quantitative estimate of drug-likeness (QED) is 0.666. The number of ether oxygens (including phenoxy) is 1. The van der Waals surface area contributed by atoms with Crippen LogP contribution in [0.3, 0.4) is 0 Å². The molecule has 0 bridgehead atoms. The zero-order valence-corrected chi connectivity index (χ0v) is 15.8. The van der Waals surface area contributed by atoms with Crippen LogP contribution in [0.15, 0.2) is 24.3 Å². The first kappa shape index (κ1) is 20.1. The van der Waals surface area contributed by atoms with Crippen molar-refractivity contribution in [3.63, 3.8) is 0 Å². The number of carbonyl (C=O) groups is 2. The van der Waals surface area contributed by atoms with Crippen LogP contribution in [0.4, 0.5) is 4.79 Å². The van der Waals surface area contributed by atoms with Crippen LogP contribution in [0.1, 0.15) is 49.4 Å². The normalized spacial score (nSPS) is 19.5. The highest BCUT2D eigenvalue weighted by Crippen LogP contribution is 2.28. The van der Waals surface area contributed by atoms with Crippen LogP contribution in [0.5, 0.6) is 5.75 Å². The van der Waals surface area contributed by atoms with Gasteiger partial charge < -0.3 is 20.7 Å². The molecule has 0 saturated heterocycles. The van der Waals surface area contributed by atoms with Crippen molar-refractivity contribution in [1.29, 1.82) is 0 Å². The molecule has 1 aromatic rings. The van der Waals surface area contributed by atoms with Crippen molar-refractivity contribution in [2.24, 2.45) is 11.8 Å². The van der Waals surface area contributed by atoms with Crippen LogP contribution in [0.2, 0.25) is 0 Å². The third-order valence-electron chi connectivity index (χ3n) is 4.96. The van der Waals surface area contributed by atoms with E-state index in [2.05, 4.69) is 16.0 Å². The van der Waals surface area contributed by atoms with E-state index in [1.165, 1.54) is 0 Å². The highest BCUT2D eigenvalue weighted by molar-refractivity contribution is 5.94. The second-order valence-electron chi connectivity index (χ2n) is 6.96. The van der Waals surface area contributed by atoms with Crippen LogP contribution in [0, 0.1) is 11.8 Å². The van der Waals surface area contributed by atoms with Gasteiger partial charge in [0.05, 0.1) is 7.11 Å². The Morgan fingerprint density at radius 2 is 1.54 bits per heavy atom. The summed E-state index contributed by atoms with van der Waals surface area (Å²) >= 11 is 0. The number of urea groups is 1. The predicted octanol–water partition coefficient (Wildman–Crippen LogP) is 2.94. The lowest BCUT2D eigenvalue weighted by molar-refractivity contribution is 0.0941. The molecule has 26 heavy (non-hydrogen) atoms. The molecule has 2 rings (SSSR count). The van der Waals surface area contributed by atoms with Crippen molar-refractivity contribution in [2.45, 2.75) is 39.0 Å². The lowest BCUT2D eigenvalue weighted by atomic mass is 9.82.